The van der Waals surface area contributed by atoms with E-state index in [2.05, 4.69) is 4.98 Å². The average Bonchev–Trinajstić information content (AvgIpc) is 3.46. The molecule has 5 rings (SSSR count). The highest BCUT2D eigenvalue weighted by molar-refractivity contribution is 7.13. The molecule has 0 unspecified atom stereocenters. The first-order valence-electron chi connectivity index (χ1n) is 11.3. The Bertz CT molecular complexity index is 1340. The molecule has 2 N–H and O–H groups in total. The Morgan fingerprint density at radius 3 is 2.80 bits per heavy atom. The number of nitrogens with zero attached hydrogens (tertiary/aromatic N) is 3. The van der Waals surface area contributed by atoms with Gasteiger partial charge < -0.3 is 4.74 Å². The van der Waals surface area contributed by atoms with Crippen molar-refractivity contribution in [1.29, 1.82) is 0 Å². The van der Waals surface area contributed by atoms with Crippen molar-refractivity contribution in [2.45, 2.75) is 19.4 Å². The number of aromatic nitrogens is 1. The van der Waals surface area contributed by atoms with Gasteiger partial charge in [0.15, 0.2) is 0 Å². The zero-order chi connectivity index (χ0) is 24.2. The van der Waals surface area contributed by atoms with Crippen molar-refractivity contribution in [1.82, 2.24) is 4.98 Å². The number of thiophene rings is 1. The molecule has 7 nitrogen and oxygen atoms in total. The van der Waals surface area contributed by atoms with Gasteiger partial charge in [0.1, 0.15) is 6.61 Å². The predicted octanol–water partition coefficient (Wildman–Crippen LogP) is 5.42. The smallest absolute Gasteiger partial charge is 0.414 e. The highest BCUT2D eigenvalue weighted by Crippen LogP contribution is 2.31. The number of pyridine rings is 1. The molecule has 1 aliphatic rings. The highest BCUT2D eigenvalue weighted by Gasteiger charge is 2.25. The number of fused-ring (bicyclic) bond motifs is 1. The van der Waals surface area contributed by atoms with Crippen molar-refractivity contribution in [3.63, 3.8) is 0 Å². The van der Waals surface area contributed by atoms with Gasteiger partial charge in [0.2, 0.25) is 0 Å². The second-order valence-electron chi connectivity index (χ2n) is 8.22. The number of rotatable bonds is 5. The van der Waals surface area contributed by atoms with Crippen LogP contribution >= 0.6 is 11.3 Å². The number of aryl methyl sites for hydroxylation is 1. The molecule has 4 aromatic rings. The van der Waals surface area contributed by atoms with Gasteiger partial charge in [-0.2, -0.15) is 0 Å². The van der Waals surface area contributed by atoms with E-state index in [1.54, 1.807) is 46.8 Å². The summed E-state index contributed by atoms with van der Waals surface area (Å²) in [6, 6.07) is 20.6. The summed E-state index contributed by atoms with van der Waals surface area (Å²) in [5.41, 5.74) is 4.59. The Balaban J connectivity index is 1.32. The summed E-state index contributed by atoms with van der Waals surface area (Å²) < 4.78 is 5.49. The number of anilines is 2. The van der Waals surface area contributed by atoms with Gasteiger partial charge in [-0.3, -0.25) is 14.7 Å². The number of hydrogen-bond donors (Lipinski definition) is 1. The molecular weight excluding hydrogens is 460 g/mol. The molecule has 0 saturated heterocycles. The van der Waals surface area contributed by atoms with E-state index in [0.29, 0.717) is 17.8 Å². The zero-order valence-corrected chi connectivity index (χ0v) is 19.8. The molecule has 3 heterocycles. The molecule has 8 heteroatoms. The van der Waals surface area contributed by atoms with Crippen molar-refractivity contribution < 1.29 is 14.3 Å². The average molecular weight is 485 g/mol. The van der Waals surface area contributed by atoms with Crippen LogP contribution in [0.25, 0.3) is 10.4 Å². The third-order valence-corrected chi connectivity index (χ3v) is 6.82. The largest absolute Gasteiger partial charge is 0.444 e. The maximum Gasteiger partial charge on any atom is 0.414 e. The predicted molar refractivity (Wildman–Crippen MR) is 137 cm³/mol. The molecule has 35 heavy (non-hydrogen) atoms. The Kier molecular flexibility index (Phi) is 6.56. The van der Waals surface area contributed by atoms with Crippen molar-refractivity contribution >= 4 is 34.7 Å². The molecule has 0 radical (unpaired) electrons. The lowest BCUT2D eigenvalue weighted by Crippen LogP contribution is -2.38. The molecule has 0 bridgehead atoms. The minimum absolute atomic E-state index is 0.155. The molecule has 0 spiro atoms. The lowest BCUT2D eigenvalue weighted by Gasteiger charge is -2.29. The van der Waals surface area contributed by atoms with Gasteiger partial charge >= 0.3 is 6.09 Å². The molecule has 2 aromatic heterocycles. The molecule has 0 fully saturated rings. The van der Waals surface area contributed by atoms with Gasteiger partial charge in [0, 0.05) is 34.9 Å². The minimum atomic E-state index is -0.417. The molecule has 176 valence electrons. The molecule has 0 atom stereocenters. The van der Waals surface area contributed by atoms with Gasteiger partial charge in [-0.1, -0.05) is 24.3 Å². The maximum absolute atomic E-state index is 13.2. The fourth-order valence-corrected chi connectivity index (χ4v) is 4.86. The Labute approximate surface area is 207 Å². The molecule has 1 aliphatic heterocycles. The van der Waals surface area contributed by atoms with Crippen LogP contribution in [0.1, 0.15) is 27.9 Å². The fourth-order valence-electron chi connectivity index (χ4n) is 4.13. The normalized spacial score (nSPS) is 12.7. The summed E-state index contributed by atoms with van der Waals surface area (Å²) in [5, 5.41) is 3.18. The summed E-state index contributed by atoms with van der Waals surface area (Å²) in [6.45, 7) is 0.715. The van der Waals surface area contributed by atoms with Gasteiger partial charge in [-0.05, 0) is 71.8 Å². The number of hydrogen-bond acceptors (Lipinski definition) is 6. The van der Waals surface area contributed by atoms with Crippen LogP contribution in [0, 0.1) is 0 Å². The zero-order valence-electron chi connectivity index (χ0n) is 19.0. The molecule has 2 aromatic carbocycles. The third-order valence-electron chi connectivity index (χ3n) is 5.90. The summed E-state index contributed by atoms with van der Waals surface area (Å²) in [5.74, 6) is 5.92. The van der Waals surface area contributed by atoms with Gasteiger partial charge in [0.05, 0.1) is 11.4 Å². The third kappa shape index (κ3) is 4.94. The van der Waals surface area contributed by atoms with E-state index in [1.165, 1.54) is 5.01 Å². The summed E-state index contributed by atoms with van der Waals surface area (Å²) in [4.78, 5) is 32.7. The number of carbonyl (C=O) groups is 2. The van der Waals surface area contributed by atoms with Crippen LogP contribution in [0.2, 0.25) is 0 Å². The fraction of sp³-hybridized carbons (Fsp3) is 0.148. The van der Waals surface area contributed by atoms with Gasteiger partial charge in [-0.25, -0.2) is 15.6 Å². The van der Waals surface area contributed by atoms with Crippen LogP contribution < -0.4 is 15.8 Å². The number of carbonyl (C=O) groups excluding carboxylic acids is 2. The Morgan fingerprint density at radius 2 is 2.00 bits per heavy atom. The van der Waals surface area contributed by atoms with Crippen molar-refractivity contribution in [2.75, 3.05) is 16.5 Å². The van der Waals surface area contributed by atoms with E-state index in [0.717, 1.165) is 40.1 Å². The summed E-state index contributed by atoms with van der Waals surface area (Å²) in [6.07, 6.45) is 4.47. The molecular formula is C27H24N4O3S. The highest BCUT2D eigenvalue weighted by atomic mass is 32.1. The van der Waals surface area contributed by atoms with Crippen LogP contribution in [0.5, 0.6) is 0 Å². The van der Waals surface area contributed by atoms with Gasteiger partial charge in [-0.15, -0.1) is 11.3 Å². The molecule has 2 amide bonds. The molecule has 0 saturated carbocycles. The monoisotopic (exact) mass is 484 g/mol. The quantitative estimate of drug-likeness (QED) is 0.232. The van der Waals surface area contributed by atoms with Crippen LogP contribution in [-0.4, -0.2) is 23.5 Å². The number of benzene rings is 2. The molecule has 0 aliphatic carbocycles. The lowest BCUT2D eigenvalue weighted by molar-refractivity contribution is 0.0986. The minimum Gasteiger partial charge on any atom is -0.444 e. The first-order valence-corrected chi connectivity index (χ1v) is 12.2. The SMILES string of the molecule is NN(C(=O)c1ccc2c(c1)CCCN2C(=O)OCc1cccnc1)c1cccc(-c2cccs2)c1. The van der Waals surface area contributed by atoms with Crippen LogP contribution in [0.4, 0.5) is 16.2 Å². The summed E-state index contributed by atoms with van der Waals surface area (Å²) >= 11 is 1.63. The lowest BCUT2D eigenvalue weighted by atomic mass is 9.99. The standard InChI is InChI=1S/C27H24N4O3S/c28-31(23-8-1-6-21(16-23)25-9-4-14-35-25)26(32)22-10-11-24-20(15-22)7-3-13-30(24)27(33)34-18-19-5-2-12-29-17-19/h1-2,4-6,8-12,14-17H,3,7,13,18,28H2. The number of ether oxygens (including phenoxy) is 1. The van der Waals surface area contributed by atoms with E-state index in [9.17, 15) is 9.59 Å². The van der Waals surface area contributed by atoms with Crippen molar-refractivity contribution in [3.05, 3.63) is 101 Å². The van der Waals surface area contributed by atoms with E-state index in [4.69, 9.17) is 10.6 Å². The number of nitrogens with two attached hydrogens (primary N) is 1. The van der Waals surface area contributed by atoms with Crippen molar-refractivity contribution in [3.8, 4) is 10.4 Å². The Morgan fingerprint density at radius 1 is 1.09 bits per heavy atom. The first-order chi connectivity index (χ1) is 17.1. The van der Waals surface area contributed by atoms with Crippen molar-refractivity contribution in [2.24, 2.45) is 5.84 Å². The topological polar surface area (TPSA) is 88.8 Å². The van der Waals surface area contributed by atoms with Crippen LogP contribution in [0.3, 0.4) is 0 Å². The second kappa shape index (κ2) is 10.1. The second-order valence-corrected chi connectivity index (χ2v) is 9.17. The number of hydrazine groups is 1. The van der Waals surface area contributed by atoms with E-state index in [-0.39, 0.29) is 12.5 Å². The maximum atomic E-state index is 13.2. The first kappa shape index (κ1) is 22.8. The number of amides is 2. The Hall–Kier alpha value is -4.01. The van der Waals surface area contributed by atoms with E-state index < -0.39 is 6.09 Å². The van der Waals surface area contributed by atoms with E-state index in [1.807, 2.05) is 53.9 Å². The summed E-state index contributed by atoms with van der Waals surface area (Å²) in [7, 11) is 0. The van der Waals surface area contributed by atoms with Crippen LogP contribution in [0.15, 0.2) is 84.5 Å². The van der Waals surface area contributed by atoms with Gasteiger partial charge in [0.25, 0.3) is 5.91 Å². The van der Waals surface area contributed by atoms with Crippen LogP contribution in [-0.2, 0) is 17.8 Å². The van der Waals surface area contributed by atoms with E-state index >= 15 is 0 Å².